The van der Waals surface area contributed by atoms with E-state index < -0.39 is 0 Å². The minimum absolute atomic E-state index is 0.719. The quantitative estimate of drug-likeness (QED) is 0.786. The molecule has 1 saturated carbocycles. The molecule has 2 unspecified atom stereocenters. The smallest absolute Gasteiger partial charge is 0.0645 e. The van der Waals surface area contributed by atoms with Gasteiger partial charge in [-0.25, -0.2) is 4.68 Å². The molecule has 0 radical (unpaired) electrons. The second-order valence-electron chi connectivity index (χ2n) is 4.31. The average molecular weight is 277 g/mol. The largest absolute Gasteiger partial charge is 0.241 e. The van der Waals surface area contributed by atoms with E-state index in [1.807, 2.05) is 29.1 Å². The summed E-state index contributed by atoms with van der Waals surface area (Å²) in [6.45, 7) is 0. The van der Waals surface area contributed by atoms with E-state index in [2.05, 4.69) is 39.4 Å². The highest BCUT2D eigenvalue weighted by atomic mass is 79.9. The topological polar surface area (TPSA) is 17.8 Å². The van der Waals surface area contributed by atoms with Gasteiger partial charge >= 0.3 is 0 Å². The van der Waals surface area contributed by atoms with Crippen LogP contribution in [0.4, 0.5) is 0 Å². The van der Waals surface area contributed by atoms with Crippen LogP contribution in [0.25, 0.3) is 5.69 Å². The van der Waals surface area contributed by atoms with E-state index in [9.17, 15) is 0 Å². The molecule has 1 aromatic carbocycles. The number of rotatable bonds is 3. The summed E-state index contributed by atoms with van der Waals surface area (Å²) in [5.74, 6) is 1.53. The molecule has 1 heterocycles. The normalized spacial score (nSPS) is 23.3. The Balaban J connectivity index is 1.84. The van der Waals surface area contributed by atoms with Gasteiger partial charge in [-0.1, -0.05) is 34.1 Å². The maximum atomic E-state index is 4.42. The van der Waals surface area contributed by atoms with Gasteiger partial charge in [0.25, 0.3) is 0 Å². The van der Waals surface area contributed by atoms with Gasteiger partial charge in [0.1, 0.15) is 0 Å². The van der Waals surface area contributed by atoms with Crippen molar-refractivity contribution >= 4 is 15.9 Å². The van der Waals surface area contributed by atoms with Crippen molar-refractivity contribution in [2.75, 3.05) is 5.33 Å². The summed E-state index contributed by atoms with van der Waals surface area (Å²) in [5, 5.41) is 5.52. The third kappa shape index (κ3) is 1.80. The first kappa shape index (κ1) is 10.1. The van der Waals surface area contributed by atoms with Crippen molar-refractivity contribution in [3.63, 3.8) is 0 Å². The van der Waals surface area contributed by atoms with Gasteiger partial charge in [0.05, 0.1) is 11.9 Å². The van der Waals surface area contributed by atoms with Crippen LogP contribution in [-0.2, 0) is 0 Å². The van der Waals surface area contributed by atoms with Crippen LogP contribution in [0.5, 0.6) is 0 Å². The molecule has 0 saturated heterocycles. The van der Waals surface area contributed by atoms with Crippen LogP contribution in [0.1, 0.15) is 17.9 Å². The Morgan fingerprint density at radius 3 is 2.81 bits per heavy atom. The van der Waals surface area contributed by atoms with E-state index >= 15 is 0 Å². The molecular weight excluding hydrogens is 264 g/mol. The lowest BCUT2D eigenvalue weighted by Gasteiger charge is -1.98. The minimum Gasteiger partial charge on any atom is -0.241 e. The molecule has 2 aromatic rings. The molecule has 0 aliphatic heterocycles. The molecule has 0 bridgehead atoms. The fourth-order valence-electron chi connectivity index (χ4n) is 2.08. The van der Waals surface area contributed by atoms with E-state index in [1.165, 1.54) is 12.0 Å². The zero-order valence-corrected chi connectivity index (χ0v) is 10.5. The second kappa shape index (κ2) is 4.06. The molecule has 0 N–H and O–H groups in total. The standard InChI is InChI=1S/C13H13BrN2/c14-7-10-6-13(10)11-8-15-16(9-11)12-4-2-1-3-5-12/h1-5,8-10,13H,6-7H2. The first-order chi connectivity index (χ1) is 7.88. The monoisotopic (exact) mass is 276 g/mol. The van der Waals surface area contributed by atoms with Crippen molar-refractivity contribution < 1.29 is 0 Å². The Morgan fingerprint density at radius 2 is 2.12 bits per heavy atom. The van der Waals surface area contributed by atoms with Gasteiger partial charge in [0, 0.05) is 11.5 Å². The van der Waals surface area contributed by atoms with Gasteiger partial charge in [-0.2, -0.15) is 5.10 Å². The van der Waals surface area contributed by atoms with Gasteiger partial charge in [0.2, 0.25) is 0 Å². The van der Waals surface area contributed by atoms with Gasteiger partial charge in [-0.15, -0.1) is 0 Å². The van der Waals surface area contributed by atoms with Gasteiger partial charge in [-0.05, 0) is 36.0 Å². The molecule has 3 rings (SSSR count). The van der Waals surface area contributed by atoms with Gasteiger partial charge < -0.3 is 0 Å². The minimum atomic E-state index is 0.719. The van der Waals surface area contributed by atoms with Crippen molar-refractivity contribution in [1.29, 1.82) is 0 Å². The van der Waals surface area contributed by atoms with E-state index in [1.54, 1.807) is 0 Å². The lowest BCUT2D eigenvalue weighted by molar-refractivity contribution is 0.878. The highest BCUT2D eigenvalue weighted by Gasteiger charge is 2.37. The highest BCUT2D eigenvalue weighted by Crippen LogP contribution is 2.48. The molecule has 1 fully saturated rings. The summed E-state index contributed by atoms with van der Waals surface area (Å²) < 4.78 is 1.96. The first-order valence-electron chi connectivity index (χ1n) is 5.54. The summed E-state index contributed by atoms with van der Waals surface area (Å²) in [7, 11) is 0. The number of para-hydroxylation sites is 1. The SMILES string of the molecule is BrCC1CC1c1cnn(-c2ccccc2)c1. The van der Waals surface area contributed by atoms with Crippen LogP contribution >= 0.6 is 15.9 Å². The van der Waals surface area contributed by atoms with E-state index in [-0.39, 0.29) is 0 Å². The fraction of sp³-hybridized carbons (Fsp3) is 0.308. The third-order valence-electron chi connectivity index (χ3n) is 3.17. The van der Waals surface area contributed by atoms with Crippen LogP contribution in [0.15, 0.2) is 42.7 Å². The maximum absolute atomic E-state index is 4.42. The van der Waals surface area contributed by atoms with Crippen molar-refractivity contribution in [3.8, 4) is 5.69 Å². The number of hydrogen-bond donors (Lipinski definition) is 0. The predicted molar refractivity (Wildman–Crippen MR) is 68.2 cm³/mol. The average Bonchev–Trinajstić information content (AvgIpc) is 2.98. The molecule has 2 nitrogen and oxygen atoms in total. The van der Waals surface area contributed by atoms with Crippen molar-refractivity contribution in [3.05, 3.63) is 48.3 Å². The highest BCUT2D eigenvalue weighted by molar-refractivity contribution is 9.09. The van der Waals surface area contributed by atoms with Gasteiger partial charge in [-0.3, -0.25) is 0 Å². The summed E-state index contributed by atoms with van der Waals surface area (Å²) in [4.78, 5) is 0. The summed E-state index contributed by atoms with van der Waals surface area (Å²) in [6, 6.07) is 10.2. The Bertz CT molecular complexity index is 478. The van der Waals surface area contributed by atoms with Crippen LogP contribution in [0, 0.1) is 5.92 Å². The number of aromatic nitrogens is 2. The van der Waals surface area contributed by atoms with Crippen LogP contribution < -0.4 is 0 Å². The number of alkyl halides is 1. The number of nitrogens with zero attached hydrogens (tertiary/aromatic N) is 2. The van der Waals surface area contributed by atoms with Crippen molar-refractivity contribution in [2.24, 2.45) is 5.92 Å². The summed E-state index contributed by atoms with van der Waals surface area (Å²) in [6.07, 6.45) is 5.45. The third-order valence-corrected chi connectivity index (χ3v) is 4.00. The fourth-order valence-corrected chi connectivity index (χ4v) is 2.79. The Labute approximate surface area is 103 Å². The lowest BCUT2D eigenvalue weighted by Crippen LogP contribution is -1.92. The molecule has 1 aliphatic carbocycles. The van der Waals surface area contributed by atoms with Crippen LogP contribution in [0.3, 0.4) is 0 Å². The Kier molecular flexibility index (Phi) is 2.56. The Morgan fingerprint density at radius 1 is 1.31 bits per heavy atom. The Hall–Kier alpha value is -1.09. The molecule has 0 spiro atoms. The summed E-state index contributed by atoms with van der Waals surface area (Å²) >= 11 is 3.54. The maximum Gasteiger partial charge on any atom is 0.0645 e. The molecule has 2 atom stereocenters. The zero-order chi connectivity index (χ0) is 11.0. The van der Waals surface area contributed by atoms with E-state index in [0.717, 1.165) is 22.9 Å². The number of halogens is 1. The molecule has 82 valence electrons. The lowest BCUT2D eigenvalue weighted by atomic mass is 10.2. The molecule has 16 heavy (non-hydrogen) atoms. The first-order valence-corrected chi connectivity index (χ1v) is 6.66. The molecule has 0 amide bonds. The molecular formula is C13H13BrN2. The summed E-state index contributed by atoms with van der Waals surface area (Å²) in [5.41, 5.74) is 2.50. The van der Waals surface area contributed by atoms with Crippen molar-refractivity contribution in [2.45, 2.75) is 12.3 Å². The zero-order valence-electron chi connectivity index (χ0n) is 8.88. The molecule has 3 heteroatoms. The van der Waals surface area contributed by atoms with Crippen LogP contribution in [-0.4, -0.2) is 15.1 Å². The number of hydrogen-bond acceptors (Lipinski definition) is 1. The van der Waals surface area contributed by atoms with Crippen molar-refractivity contribution in [1.82, 2.24) is 9.78 Å². The predicted octanol–water partition coefficient (Wildman–Crippen LogP) is 3.37. The molecule has 1 aliphatic rings. The van der Waals surface area contributed by atoms with E-state index in [0.29, 0.717) is 0 Å². The van der Waals surface area contributed by atoms with E-state index in [4.69, 9.17) is 0 Å². The number of benzene rings is 1. The van der Waals surface area contributed by atoms with Gasteiger partial charge in [0.15, 0.2) is 0 Å². The second-order valence-corrected chi connectivity index (χ2v) is 4.96. The van der Waals surface area contributed by atoms with Crippen LogP contribution in [0.2, 0.25) is 0 Å². The molecule has 1 aromatic heterocycles.